The van der Waals surface area contributed by atoms with Crippen molar-refractivity contribution in [2.24, 2.45) is 11.7 Å². The number of aliphatic hydroxyl groups is 1. The molecule has 4 nitrogen and oxygen atoms in total. The molecule has 1 aliphatic carbocycles. The minimum Gasteiger partial charge on any atom is -0.388 e. The van der Waals surface area contributed by atoms with E-state index in [2.05, 4.69) is 25.8 Å². The molecule has 1 aliphatic rings. The SMILES string of the molecule is CC(C)OCCN(C)CCC1CCCC1(O)CN. The van der Waals surface area contributed by atoms with Crippen molar-refractivity contribution < 1.29 is 9.84 Å². The molecule has 1 saturated carbocycles. The molecule has 0 spiro atoms. The topological polar surface area (TPSA) is 58.7 Å². The lowest BCUT2D eigenvalue weighted by Crippen LogP contribution is -2.42. The monoisotopic (exact) mass is 258 g/mol. The summed E-state index contributed by atoms with van der Waals surface area (Å²) in [5, 5.41) is 10.4. The molecule has 4 heteroatoms. The summed E-state index contributed by atoms with van der Waals surface area (Å²) in [5.41, 5.74) is 5.09. The summed E-state index contributed by atoms with van der Waals surface area (Å²) in [5.74, 6) is 0.371. The van der Waals surface area contributed by atoms with Crippen molar-refractivity contribution in [1.29, 1.82) is 0 Å². The molecular weight excluding hydrogens is 228 g/mol. The summed E-state index contributed by atoms with van der Waals surface area (Å²) in [6.07, 6.45) is 4.43. The van der Waals surface area contributed by atoms with Crippen molar-refractivity contribution in [1.82, 2.24) is 4.90 Å². The van der Waals surface area contributed by atoms with Gasteiger partial charge in [-0.2, -0.15) is 0 Å². The van der Waals surface area contributed by atoms with Crippen LogP contribution in [0.3, 0.4) is 0 Å². The van der Waals surface area contributed by atoms with Gasteiger partial charge in [0.15, 0.2) is 0 Å². The molecule has 0 aromatic rings. The molecular formula is C14H30N2O2. The highest BCUT2D eigenvalue weighted by molar-refractivity contribution is 4.93. The number of ether oxygens (including phenoxy) is 1. The van der Waals surface area contributed by atoms with Crippen LogP contribution in [0.25, 0.3) is 0 Å². The van der Waals surface area contributed by atoms with Crippen LogP contribution in [0.15, 0.2) is 0 Å². The zero-order valence-corrected chi connectivity index (χ0v) is 12.2. The van der Waals surface area contributed by atoms with Crippen LogP contribution in [0.5, 0.6) is 0 Å². The van der Waals surface area contributed by atoms with E-state index in [0.29, 0.717) is 18.6 Å². The molecule has 0 aromatic heterocycles. The third-order valence-electron chi connectivity index (χ3n) is 4.06. The van der Waals surface area contributed by atoms with Crippen molar-refractivity contribution in [3.63, 3.8) is 0 Å². The summed E-state index contributed by atoms with van der Waals surface area (Å²) < 4.78 is 5.54. The van der Waals surface area contributed by atoms with E-state index in [0.717, 1.165) is 45.4 Å². The number of nitrogens with zero attached hydrogens (tertiary/aromatic N) is 1. The second-order valence-corrected chi connectivity index (χ2v) is 5.91. The van der Waals surface area contributed by atoms with Gasteiger partial charge in [0.2, 0.25) is 0 Å². The van der Waals surface area contributed by atoms with Crippen LogP contribution in [0, 0.1) is 5.92 Å². The van der Waals surface area contributed by atoms with Crippen LogP contribution in [0.1, 0.15) is 39.5 Å². The molecule has 0 aliphatic heterocycles. The lowest BCUT2D eigenvalue weighted by atomic mass is 9.88. The third kappa shape index (κ3) is 4.84. The molecule has 1 rings (SSSR count). The molecule has 1 fully saturated rings. The number of hydrogen-bond acceptors (Lipinski definition) is 4. The molecule has 0 saturated heterocycles. The molecule has 0 radical (unpaired) electrons. The first-order valence-electron chi connectivity index (χ1n) is 7.20. The van der Waals surface area contributed by atoms with Crippen molar-refractivity contribution in [2.45, 2.75) is 51.2 Å². The minimum absolute atomic E-state index is 0.301. The highest BCUT2D eigenvalue weighted by Crippen LogP contribution is 2.37. The van der Waals surface area contributed by atoms with Crippen LogP contribution < -0.4 is 5.73 Å². The van der Waals surface area contributed by atoms with Crippen molar-refractivity contribution in [3.05, 3.63) is 0 Å². The van der Waals surface area contributed by atoms with Gasteiger partial charge in [0.1, 0.15) is 0 Å². The average Bonchev–Trinajstić information content (AvgIpc) is 2.68. The maximum Gasteiger partial charge on any atom is 0.0797 e. The Hall–Kier alpha value is -0.160. The Morgan fingerprint density at radius 2 is 2.17 bits per heavy atom. The predicted octanol–water partition coefficient (Wildman–Crippen LogP) is 1.22. The number of likely N-dealkylation sites (N-methyl/N-ethyl adjacent to an activating group) is 1. The van der Waals surface area contributed by atoms with Crippen LogP contribution in [0.4, 0.5) is 0 Å². The lowest BCUT2D eigenvalue weighted by molar-refractivity contribution is 0.00380. The number of hydrogen-bond donors (Lipinski definition) is 2. The Bertz CT molecular complexity index is 236. The van der Waals surface area contributed by atoms with Crippen molar-refractivity contribution in [2.75, 3.05) is 33.3 Å². The molecule has 0 bridgehead atoms. The standard InChI is InChI=1S/C14H30N2O2/c1-12(2)18-10-9-16(3)8-6-13-5-4-7-14(13,17)11-15/h12-13,17H,4-11,15H2,1-3H3. The minimum atomic E-state index is -0.602. The van der Waals surface area contributed by atoms with E-state index in [9.17, 15) is 5.11 Å². The lowest BCUT2D eigenvalue weighted by Gasteiger charge is -2.30. The van der Waals surface area contributed by atoms with E-state index >= 15 is 0 Å². The van der Waals surface area contributed by atoms with Gasteiger partial charge in [-0.05, 0) is 52.6 Å². The summed E-state index contributed by atoms with van der Waals surface area (Å²) in [6.45, 7) is 7.25. The fourth-order valence-corrected chi connectivity index (χ4v) is 2.74. The van der Waals surface area contributed by atoms with E-state index in [1.807, 2.05) is 0 Å². The number of nitrogens with two attached hydrogens (primary N) is 1. The Morgan fingerprint density at radius 1 is 1.44 bits per heavy atom. The van der Waals surface area contributed by atoms with Gasteiger partial charge >= 0.3 is 0 Å². The van der Waals surface area contributed by atoms with Gasteiger partial charge in [-0.3, -0.25) is 0 Å². The van der Waals surface area contributed by atoms with E-state index in [1.165, 1.54) is 0 Å². The van der Waals surface area contributed by atoms with E-state index < -0.39 is 5.60 Å². The maximum atomic E-state index is 10.4. The Kier molecular flexibility index (Phi) is 6.57. The fourth-order valence-electron chi connectivity index (χ4n) is 2.74. The van der Waals surface area contributed by atoms with Gasteiger partial charge in [0.25, 0.3) is 0 Å². The van der Waals surface area contributed by atoms with E-state index in [-0.39, 0.29) is 0 Å². The van der Waals surface area contributed by atoms with Gasteiger partial charge in [-0.25, -0.2) is 0 Å². The Balaban J connectivity index is 2.19. The van der Waals surface area contributed by atoms with E-state index in [1.54, 1.807) is 0 Å². The summed E-state index contributed by atoms with van der Waals surface area (Å²) in [6, 6.07) is 0. The quantitative estimate of drug-likeness (QED) is 0.687. The Morgan fingerprint density at radius 3 is 2.78 bits per heavy atom. The maximum absolute atomic E-state index is 10.4. The predicted molar refractivity (Wildman–Crippen MR) is 74.5 cm³/mol. The van der Waals surface area contributed by atoms with Gasteiger partial charge in [0, 0.05) is 13.1 Å². The summed E-state index contributed by atoms with van der Waals surface area (Å²) in [7, 11) is 2.11. The summed E-state index contributed by atoms with van der Waals surface area (Å²) >= 11 is 0. The van der Waals surface area contributed by atoms with E-state index in [4.69, 9.17) is 10.5 Å². The molecule has 18 heavy (non-hydrogen) atoms. The van der Waals surface area contributed by atoms with Crippen molar-refractivity contribution >= 4 is 0 Å². The molecule has 0 aromatic carbocycles. The molecule has 0 amide bonds. The first-order chi connectivity index (χ1) is 8.48. The first-order valence-corrected chi connectivity index (χ1v) is 7.20. The second-order valence-electron chi connectivity index (χ2n) is 5.91. The van der Waals surface area contributed by atoms with Crippen LogP contribution in [-0.2, 0) is 4.74 Å². The van der Waals surface area contributed by atoms with Crippen LogP contribution >= 0.6 is 0 Å². The summed E-state index contributed by atoms with van der Waals surface area (Å²) in [4.78, 5) is 2.28. The largest absolute Gasteiger partial charge is 0.388 e. The highest BCUT2D eigenvalue weighted by Gasteiger charge is 2.39. The first kappa shape index (κ1) is 15.9. The molecule has 0 heterocycles. The second kappa shape index (κ2) is 7.43. The number of rotatable bonds is 8. The van der Waals surface area contributed by atoms with Crippen LogP contribution in [-0.4, -0.2) is 55.0 Å². The van der Waals surface area contributed by atoms with Crippen LogP contribution in [0.2, 0.25) is 0 Å². The normalized spacial score (nSPS) is 28.5. The molecule has 2 unspecified atom stereocenters. The zero-order chi connectivity index (χ0) is 13.6. The smallest absolute Gasteiger partial charge is 0.0797 e. The fraction of sp³-hybridized carbons (Fsp3) is 1.00. The molecule has 3 N–H and O–H groups in total. The van der Waals surface area contributed by atoms with Gasteiger partial charge in [-0.15, -0.1) is 0 Å². The Labute approximate surface area is 111 Å². The molecule has 108 valence electrons. The van der Waals surface area contributed by atoms with Gasteiger partial charge < -0.3 is 20.5 Å². The zero-order valence-electron chi connectivity index (χ0n) is 12.2. The third-order valence-corrected chi connectivity index (χ3v) is 4.06. The van der Waals surface area contributed by atoms with Gasteiger partial charge in [-0.1, -0.05) is 6.42 Å². The highest BCUT2D eigenvalue weighted by atomic mass is 16.5. The molecule has 2 atom stereocenters. The van der Waals surface area contributed by atoms with Gasteiger partial charge in [0.05, 0.1) is 18.3 Å². The average molecular weight is 258 g/mol. The van der Waals surface area contributed by atoms with Crippen molar-refractivity contribution in [3.8, 4) is 0 Å².